The van der Waals surface area contributed by atoms with Gasteiger partial charge in [-0.25, -0.2) is 13.2 Å². The van der Waals surface area contributed by atoms with Gasteiger partial charge in [0.1, 0.15) is 0 Å². The molecule has 0 saturated heterocycles. The Balaban J connectivity index is 0.00000324. The zero-order valence-corrected chi connectivity index (χ0v) is 21.2. The highest BCUT2D eigenvalue weighted by Gasteiger charge is 2.33. The molecule has 0 fully saturated rings. The van der Waals surface area contributed by atoms with Crippen LogP contribution in [0.2, 0.25) is 0 Å². The molecule has 4 rings (SSSR count). The molecule has 182 valence electrons. The van der Waals surface area contributed by atoms with E-state index >= 15 is 0 Å². The van der Waals surface area contributed by atoms with Crippen LogP contribution >= 0.6 is 12.4 Å². The number of aromatic amines is 1. The summed E-state index contributed by atoms with van der Waals surface area (Å²) in [6.45, 7) is 8.10. The molecule has 0 saturated carbocycles. The third kappa shape index (κ3) is 4.96. The van der Waals surface area contributed by atoms with Gasteiger partial charge in [0.2, 0.25) is 5.91 Å². The molecule has 0 bridgehead atoms. The van der Waals surface area contributed by atoms with Crippen molar-refractivity contribution in [3.8, 4) is 11.3 Å². The number of nitrogens with one attached hydrogen (secondary N) is 2. The summed E-state index contributed by atoms with van der Waals surface area (Å²) in [4.78, 5) is 29.7. The van der Waals surface area contributed by atoms with E-state index in [4.69, 9.17) is 0 Å². The standard InChI is InChI=1S/C24H28N4O4S.ClH/c1-16-12-18-13-19(10-11-21(18)28(16)22(29)14-25-24(2,3)4)33(31,32)27-15-20(26-23(27)30)17-8-6-5-7-9-17;/h5-11,13,15-16,25H,12,14H2,1-4H3,(H,26,30);1H. The van der Waals surface area contributed by atoms with Crippen LogP contribution in [-0.4, -0.2) is 41.4 Å². The topological polar surface area (TPSA) is 104 Å². The summed E-state index contributed by atoms with van der Waals surface area (Å²) in [5.74, 6) is -0.0684. The Morgan fingerprint density at radius 1 is 1.15 bits per heavy atom. The molecule has 1 amide bonds. The number of H-pyrrole nitrogens is 1. The number of carbonyl (C=O) groups is 1. The largest absolute Gasteiger partial charge is 0.340 e. The molecule has 1 aromatic heterocycles. The van der Waals surface area contributed by atoms with E-state index in [0.717, 1.165) is 9.54 Å². The summed E-state index contributed by atoms with van der Waals surface area (Å²) in [5.41, 5.74) is 1.68. The number of fused-ring (bicyclic) bond motifs is 1. The predicted octanol–water partition coefficient (Wildman–Crippen LogP) is 3.17. The minimum atomic E-state index is -4.11. The first-order valence-corrected chi connectivity index (χ1v) is 12.2. The van der Waals surface area contributed by atoms with Crippen molar-refractivity contribution in [2.75, 3.05) is 11.4 Å². The molecule has 2 aromatic carbocycles. The minimum absolute atomic E-state index is 0. The lowest BCUT2D eigenvalue weighted by Crippen LogP contribution is -2.46. The number of carbonyl (C=O) groups excluding carboxylic acids is 1. The molecule has 3 aromatic rings. The Kier molecular flexibility index (Phi) is 7.12. The van der Waals surface area contributed by atoms with E-state index in [9.17, 15) is 18.0 Å². The Morgan fingerprint density at radius 2 is 1.82 bits per heavy atom. The van der Waals surface area contributed by atoms with Gasteiger partial charge in [-0.3, -0.25) is 4.79 Å². The number of hydrogen-bond donors (Lipinski definition) is 2. The fourth-order valence-corrected chi connectivity index (χ4v) is 5.28. The summed E-state index contributed by atoms with van der Waals surface area (Å²) >= 11 is 0. The normalized spacial score (nSPS) is 15.6. The molecule has 1 aliphatic rings. The quantitative estimate of drug-likeness (QED) is 0.555. The average molecular weight is 505 g/mol. The Morgan fingerprint density at radius 3 is 2.47 bits per heavy atom. The van der Waals surface area contributed by atoms with E-state index in [1.54, 1.807) is 29.2 Å². The van der Waals surface area contributed by atoms with Crippen LogP contribution in [0.15, 0.2) is 64.4 Å². The van der Waals surface area contributed by atoms with Gasteiger partial charge in [-0.2, -0.15) is 3.97 Å². The Hall–Kier alpha value is -2.88. The van der Waals surface area contributed by atoms with Crippen molar-refractivity contribution in [2.45, 2.75) is 50.6 Å². The van der Waals surface area contributed by atoms with Crippen molar-refractivity contribution < 1.29 is 13.2 Å². The molecule has 1 unspecified atom stereocenters. The minimum Gasteiger partial charge on any atom is -0.308 e. The molecular weight excluding hydrogens is 476 g/mol. The van der Waals surface area contributed by atoms with Gasteiger partial charge < -0.3 is 15.2 Å². The van der Waals surface area contributed by atoms with Crippen LogP contribution in [0.4, 0.5) is 5.69 Å². The van der Waals surface area contributed by atoms with Crippen LogP contribution in [0.1, 0.15) is 33.3 Å². The number of halogens is 1. The van der Waals surface area contributed by atoms with Crippen molar-refractivity contribution >= 4 is 34.0 Å². The molecule has 1 aliphatic heterocycles. The van der Waals surface area contributed by atoms with E-state index in [2.05, 4.69) is 10.3 Å². The number of benzene rings is 2. The second kappa shape index (κ2) is 9.40. The van der Waals surface area contributed by atoms with E-state index < -0.39 is 15.7 Å². The van der Waals surface area contributed by atoms with Crippen molar-refractivity contribution in [1.82, 2.24) is 14.3 Å². The molecule has 34 heavy (non-hydrogen) atoms. The number of hydrogen-bond acceptors (Lipinski definition) is 5. The van der Waals surface area contributed by atoms with Gasteiger partial charge >= 0.3 is 5.69 Å². The summed E-state index contributed by atoms with van der Waals surface area (Å²) in [6, 6.07) is 13.6. The third-order valence-electron chi connectivity index (χ3n) is 5.63. The van der Waals surface area contributed by atoms with Crippen molar-refractivity contribution in [3.63, 3.8) is 0 Å². The molecule has 2 N–H and O–H groups in total. The lowest BCUT2D eigenvalue weighted by Gasteiger charge is -2.26. The summed E-state index contributed by atoms with van der Waals surface area (Å²) in [6.07, 6.45) is 1.84. The van der Waals surface area contributed by atoms with Gasteiger partial charge in [0.05, 0.1) is 23.3 Å². The van der Waals surface area contributed by atoms with E-state index in [1.807, 2.05) is 45.9 Å². The summed E-state index contributed by atoms with van der Waals surface area (Å²) in [7, 11) is -4.11. The second-order valence-corrected chi connectivity index (χ2v) is 11.2. The lowest BCUT2D eigenvalue weighted by atomic mass is 10.1. The van der Waals surface area contributed by atoms with Crippen molar-refractivity contribution in [1.29, 1.82) is 0 Å². The first-order valence-electron chi connectivity index (χ1n) is 10.8. The number of anilines is 1. The van der Waals surface area contributed by atoms with Crippen LogP contribution in [0.25, 0.3) is 11.3 Å². The lowest BCUT2D eigenvalue weighted by molar-refractivity contribution is -0.118. The fourth-order valence-electron chi connectivity index (χ4n) is 4.01. The number of rotatable bonds is 5. The maximum absolute atomic E-state index is 13.3. The van der Waals surface area contributed by atoms with Crippen LogP contribution < -0.4 is 15.9 Å². The molecule has 0 spiro atoms. The van der Waals surface area contributed by atoms with Gasteiger partial charge in [0.25, 0.3) is 10.0 Å². The van der Waals surface area contributed by atoms with E-state index in [0.29, 0.717) is 23.4 Å². The SMILES string of the molecule is CC1Cc2cc(S(=O)(=O)n3cc(-c4ccccc4)[nH]c3=O)ccc2N1C(=O)CNC(C)(C)C.Cl. The van der Waals surface area contributed by atoms with Crippen molar-refractivity contribution in [2.24, 2.45) is 0 Å². The second-order valence-electron chi connectivity index (χ2n) is 9.35. The molecule has 0 aliphatic carbocycles. The van der Waals surface area contributed by atoms with Gasteiger partial charge in [-0.05, 0) is 63.4 Å². The van der Waals surface area contributed by atoms with Gasteiger partial charge in [-0.15, -0.1) is 12.4 Å². The van der Waals surface area contributed by atoms with Gasteiger partial charge in [0, 0.05) is 17.3 Å². The predicted molar refractivity (Wildman–Crippen MR) is 135 cm³/mol. The first-order chi connectivity index (χ1) is 15.5. The monoisotopic (exact) mass is 504 g/mol. The third-order valence-corrected chi connectivity index (χ3v) is 7.27. The van der Waals surface area contributed by atoms with Crippen molar-refractivity contribution in [3.05, 3.63) is 70.8 Å². The number of nitrogens with zero attached hydrogens (tertiary/aromatic N) is 2. The highest BCUT2D eigenvalue weighted by molar-refractivity contribution is 7.90. The summed E-state index contributed by atoms with van der Waals surface area (Å²) in [5, 5.41) is 3.20. The number of imidazole rings is 1. The zero-order chi connectivity index (χ0) is 24.0. The average Bonchev–Trinajstić information content (AvgIpc) is 3.31. The molecule has 2 heterocycles. The van der Waals surface area contributed by atoms with Crippen LogP contribution in [0.5, 0.6) is 0 Å². The van der Waals surface area contributed by atoms with Gasteiger partial charge in [0.15, 0.2) is 0 Å². The van der Waals surface area contributed by atoms with E-state index in [-0.39, 0.29) is 41.3 Å². The maximum atomic E-state index is 13.3. The first kappa shape index (κ1) is 25.7. The number of amides is 1. The van der Waals surface area contributed by atoms with Crippen LogP contribution in [0, 0.1) is 0 Å². The smallest absolute Gasteiger partial charge is 0.308 e. The van der Waals surface area contributed by atoms with Crippen LogP contribution in [0.3, 0.4) is 0 Å². The fraction of sp³-hybridized carbons (Fsp3) is 0.333. The van der Waals surface area contributed by atoms with Crippen LogP contribution in [-0.2, 0) is 21.2 Å². The molecule has 8 nitrogen and oxygen atoms in total. The molecule has 1 atom stereocenters. The molecular formula is C24H29ClN4O4S. The number of aromatic nitrogens is 2. The zero-order valence-electron chi connectivity index (χ0n) is 19.5. The van der Waals surface area contributed by atoms with E-state index in [1.165, 1.54) is 12.3 Å². The van der Waals surface area contributed by atoms with Gasteiger partial charge in [-0.1, -0.05) is 30.3 Å². The molecule has 0 radical (unpaired) electrons. The highest BCUT2D eigenvalue weighted by atomic mass is 35.5. The Labute approximate surface area is 205 Å². The maximum Gasteiger partial charge on any atom is 0.340 e. The molecule has 10 heteroatoms. The Bertz CT molecular complexity index is 1360. The highest BCUT2D eigenvalue weighted by Crippen LogP contribution is 2.34. The summed E-state index contributed by atoms with van der Waals surface area (Å²) < 4.78 is 27.3.